The molecular formula is C13H15N3O3S. The van der Waals surface area contributed by atoms with Gasteiger partial charge in [-0.15, -0.1) is 0 Å². The monoisotopic (exact) mass is 293 g/mol. The highest BCUT2D eigenvalue weighted by Crippen LogP contribution is 2.27. The topological polar surface area (TPSA) is 87.6 Å². The first-order valence-electron chi connectivity index (χ1n) is 6.49. The zero-order chi connectivity index (χ0) is 14.2. The molecule has 0 atom stereocenters. The molecule has 20 heavy (non-hydrogen) atoms. The van der Waals surface area contributed by atoms with Gasteiger partial charge in [0.1, 0.15) is 12.4 Å². The zero-order valence-corrected chi connectivity index (χ0v) is 11.6. The lowest BCUT2D eigenvalue weighted by molar-refractivity contribution is -0.119. The van der Waals surface area contributed by atoms with Crippen molar-refractivity contribution in [3.8, 4) is 0 Å². The Bertz CT molecular complexity index is 678. The molecule has 1 heterocycles. The molecule has 0 unspecified atom stereocenters. The van der Waals surface area contributed by atoms with Crippen LogP contribution in [0.1, 0.15) is 18.4 Å². The van der Waals surface area contributed by atoms with E-state index >= 15 is 0 Å². The maximum atomic E-state index is 11.8. The Hall–Kier alpha value is -1.89. The van der Waals surface area contributed by atoms with E-state index in [1.807, 2.05) is 0 Å². The molecule has 1 aliphatic carbocycles. The Morgan fingerprint density at radius 3 is 2.85 bits per heavy atom. The molecule has 0 aromatic heterocycles. The van der Waals surface area contributed by atoms with Gasteiger partial charge >= 0.3 is 0 Å². The highest BCUT2D eigenvalue weighted by Gasteiger charge is 2.30. The fourth-order valence-corrected chi connectivity index (χ4v) is 3.29. The third-order valence-corrected chi connectivity index (χ3v) is 4.73. The van der Waals surface area contributed by atoms with Gasteiger partial charge in [-0.25, -0.2) is 8.42 Å². The molecule has 0 bridgehead atoms. The molecule has 106 valence electrons. The molecule has 2 N–H and O–H groups in total. The van der Waals surface area contributed by atoms with Crippen molar-refractivity contribution in [1.82, 2.24) is 10.0 Å². The van der Waals surface area contributed by atoms with Gasteiger partial charge in [0.05, 0.1) is 4.90 Å². The average molecular weight is 293 g/mol. The molecule has 1 aliphatic heterocycles. The van der Waals surface area contributed by atoms with Crippen molar-refractivity contribution in [3.63, 3.8) is 0 Å². The van der Waals surface area contributed by atoms with Gasteiger partial charge in [0, 0.05) is 12.1 Å². The van der Waals surface area contributed by atoms with Gasteiger partial charge in [-0.05, 0) is 30.9 Å². The molecule has 0 saturated heterocycles. The van der Waals surface area contributed by atoms with Crippen LogP contribution in [0, 0.1) is 5.92 Å². The lowest BCUT2D eigenvalue weighted by atomic mass is 10.2. The smallest absolute Gasteiger partial charge is 0.263 e. The van der Waals surface area contributed by atoms with E-state index in [1.54, 1.807) is 18.2 Å². The summed E-state index contributed by atoms with van der Waals surface area (Å²) in [6.45, 7) is 0.616. The van der Waals surface area contributed by atoms with Gasteiger partial charge in [0.2, 0.25) is 5.91 Å². The van der Waals surface area contributed by atoms with E-state index in [0.717, 1.165) is 0 Å². The lowest BCUT2D eigenvalue weighted by Crippen LogP contribution is -2.29. The summed E-state index contributed by atoms with van der Waals surface area (Å²) in [6, 6.07) is 6.59. The standard InChI is InChI=1S/C13H15N3O3S/c17-12(14-7-9-5-6-9)8-15-13-10-3-1-2-4-11(10)20(18,19)16-13/h1-4,9H,5-8H2,(H,14,17)(H,15,16). The van der Waals surface area contributed by atoms with E-state index in [2.05, 4.69) is 15.0 Å². The predicted octanol–water partition coefficient (Wildman–Crippen LogP) is 0.251. The number of nitrogens with zero attached hydrogens (tertiary/aromatic N) is 1. The fraction of sp³-hybridized carbons (Fsp3) is 0.385. The lowest BCUT2D eigenvalue weighted by Gasteiger charge is -2.02. The number of aliphatic imine (C=N–C) groups is 1. The maximum Gasteiger partial charge on any atom is 0.263 e. The van der Waals surface area contributed by atoms with Crippen LogP contribution < -0.4 is 10.0 Å². The minimum absolute atomic E-state index is 0.0705. The Balaban J connectivity index is 1.71. The van der Waals surface area contributed by atoms with E-state index in [9.17, 15) is 13.2 Å². The number of nitrogens with one attached hydrogen (secondary N) is 2. The normalized spacial score (nSPS) is 21.3. The van der Waals surface area contributed by atoms with E-state index in [4.69, 9.17) is 0 Å². The van der Waals surface area contributed by atoms with Gasteiger partial charge in [-0.1, -0.05) is 12.1 Å². The number of hydrogen-bond acceptors (Lipinski definition) is 4. The molecule has 1 aromatic rings. The van der Waals surface area contributed by atoms with Crippen LogP contribution in [-0.2, 0) is 14.8 Å². The molecule has 3 rings (SSSR count). The number of amidine groups is 1. The summed E-state index contributed by atoms with van der Waals surface area (Å²) in [5, 5.41) is 2.79. The summed E-state index contributed by atoms with van der Waals surface area (Å²) in [5.41, 5.74) is 0.516. The summed E-state index contributed by atoms with van der Waals surface area (Å²) in [6.07, 6.45) is 2.34. The molecule has 1 aromatic carbocycles. The Morgan fingerprint density at radius 1 is 1.35 bits per heavy atom. The minimum Gasteiger partial charge on any atom is -0.354 e. The van der Waals surface area contributed by atoms with Crippen LogP contribution in [0.3, 0.4) is 0 Å². The third kappa shape index (κ3) is 2.67. The Labute approximate surface area is 117 Å². The zero-order valence-electron chi connectivity index (χ0n) is 10.8. The summed E-state index contributed by atoms with van der Waals surface area (Å²) < 4.78 is 26.0. The van der Waals surface area contributed by atoms with Gasteiger partial charge in [-0.2, -0.15) is 0 Å². The van der Waals surface area contributed by atoms with Gasteiger partial charge in [0.25, 0.3) is 10.0 Å². The number of carbonyl (C=O) groups excluding carboxylic acids is 1. The van der Waals surface area contributed by atoms with Crippen LogP contribution in [0.5, 0.6) is 0 Å². The molecule has 2 aliphatic rings. The molecule has 6 nitrogen and oxygen atoms in total. The van der Waals surface area contributed by atoms with Crippen LogP contribution in [0.25, 0.3) is 0 Å². The van der Waals surface area contributed by atoms with Crippen LogP contribution in [0.4, 0.5) is 0 Å². The van der Waals surface area contributed by atoms with Gasteiger partial charge < -0.3 is 5.32 Å². The minimum atomic E-state index is -3.53. The molecule has 1 saturated carbocycles. The van der Waals surface area contributed by atoms with E-state index in [-0.39, 0.29) is 23.2 Å². The van der Waals surface area contributed by atoms with Crippen molar-refractivity contribution in [1.29, 1.82) is 0 Å². The quantitative estimate of drug-likeness (QED) is 0.834. The number of fused-ring (bicyclic) bond motifs is 1. The van der Waals surface area contributed by atoms with Gasteiger partial charge in [0.15, 0.2) is 0 Å². The van der Waals surface area contributed by atoms with Crippen molar-refractivity contribution in [2.75, 3.05) is 13.1 Å². The maximum absolute atomic E-state index is 11.8. The number of carbonyl (C=O) groups is 1. The first kappa shape index (κ1) is 13.1. The first-order chi connectivity index (χ1) is 9.56. The van der Waals surface area contributed by atoms with Crippen molar-refractivity contribution < 1.29 is 13.2 Å². The third-order valence-electron chi connectivity index (χ3n) is 3.33. The summed E-state index contributed by atoms with van der Waals surface area (Å²) in [4.78, 5) is 15.9. The summed E-state index contributed by atoms with van der Waals surface area (Å²) >= 11 is 0. The van der Waals surface area contributed by atoms with Crippen molar-refractivity contribution >= 4 is 21.8 Å². The van der Waals surface area contributed by atoms with Crippen LogP contribution in [0.2, 0.25) is 0 Å². The molecular weight excluding hydrogens is 278 g/mol. The molecule has 0 spiro atoms. The predicted molar refractivity (Wildman–Crippen MR) is 73.9 cm³/mol. The van der Waals surface area contributed by atoms with Crippen molar-refractivity contribution in [3.05, 3.63) is 29.8 Å². The fourth-order valence-electron chi connectivity index (χ4n) is 2.04. The average Bonchev–Trinajstić information content (AvgIpc) is 3.21. The van der Waals surface area contributed by atoms with Crippen LogP contribution >= 0.6 is 0 Å². The molecule has 0 radical (unpaired) electrons. The van der Waals surface area contributed by atoms with Crippen LogP contribution in [0.15, 0.2) is 34.2 Å². The summed E-state index contributed by atoms with van der Waals surface area (Å²) in [7, 11) is -3.53. The first-order valence-corrected chi connectivity index (χ1v) is 7.98. The van der Waals surface area contributed by atoms with Crippen molar-refractivity contribution in [2.24, 2.45) is 10.9 Å². The second-order valence-electron chi connectivity index (χ2n) is 5.01. The van der Waals surface area contributed by atoms with Crippen LogP contribution in [-0.4, -0.2) is 33.3 Å². The molecule has 7 heteroatoms. The van der Waals surface area contributed by atoms with E-state index in [1.165, 1.54) is 18.9 Å². The number of rotatable bonds is 4. The largest absolute Gasteiger partial charge is 0.354 e. The Morgan fingerprint density at radius 2 is 2.10 bits per heavy atom. The number of hydrogen-bond donors (Lipinski definition) is 2. The van der Waals surface area contributed by atoms with E-state index in [0.29, 0.717) is 18.0 Å². The second kappa shape index (κ2) is 4.90. The van der Waals surface area contributed by atoms with Gasteiger partial charge in [-0.3, -0.25) is 14.5 Å². The SMILES string of the molecule is O=C(CN=C1NS(=O)(=O)c2ccccc21)NCC1CC1. The van der Waals surface area contributed by atoms with E-state index < -0.39 is 10.0 Å². The molecule has 1 amide bonds. The highest BCUT2D eigenvalue weighted by atomic mass is 32.2. The second-order valence-corrected chi connectivity index (χ2v) is 6.66. The number of sulfonamides is 1. The summed E-state index contributed by atoms with van der Waals surface area (Å²) in [5.74, 6) is 0.660. The number of benzene rings is 1. The Kier molecular flexibility index (Phi) is 3.21. The number of amides is 1. The molecule has 1 fully saturated rings. The highest BCUT2D eigenvalue weighted by molar-refractivity contribution is 7.90. The van der Waals surface area contributed by atoms with Crippen molar-refractivity contribution in [2.45, 2.75) is 17.7 Å².